The summed E-state index contributed by atoms with van der Waals surface area (Å²) in [5, 5.41) is 13.1. The van der Waals surface area contributed by atoms with Crippen LogP contribution in [-0.4, -0.2) is 41.7 Å². The summed E-state index contributed by atoms with van der Waals surface area (Å²) in [6.07, 6.45) is 5.36. The van der Waals surface area contributed by atoms with Gasteiger partial charge in [0, 0.05) is 41.2 Å². The van der Waals surface area contributed by atoms with E-state index in [9.17, 15) is 18.0 Å². The molecule has 0 radical (unpaired) electrons. The first-order valence-corrected chi connectivity index (χ1v) is 13.2. The number of aryl methyl sites for hydroxylation is 1. The SMILES string of the molecule is CS(=O)(=O)c1ccc(NC(=O)c2n[nH]c3c2CCc2ccc(NC(=O)c4cnccc4Cl)cc2-3)cc1. The molecule has 4 aromatic rings. The second kappa shape index (κ2) is 9.21. The summed E-state index contributed by atoms with van der Waals surface area (Å²) in [5.41, 5.74) is 4.94. The van der Waals surface area contributed by atoms with Gasteiger partial charge in [-0.25, -0.2) is 8.42 Å². The van der Waals surface area contributed by atoms with Crippen molar-refractivity contribution >= 4 is 44.6 Å². The number of H-pyrrole nitrogens is 1. The summed E-state index contributed by atoms with van der Waals surface area (Å²) in [6.45, 7) is 0. The van der Waals surface area contributed by atoms with Crippen LogP contribution in [0.1, 0.15) is 32.0 Å². The maximum atomic E-state index is 13.0. The third-order valence-corrected chi connectivity index (χ3v) is 7.37. The Hall–Kier alpha value is -4.02. The maximum Gasteiger partial charge on any atom is 0.276 e. The molecule has 2 aromatic carbocycles. The van der Waals surface area contributed by atoms with Crippen molar-refractivity contribution in [2.45, 2.75) is 17.7 Å². The number of rotatable bonds is 5. The minimum Gasteiger partial charge on any atom is -0.322 e. The Morgan fingerprint density at radius 1 is 0.972 bits per heavy atom. The highest BCUT2D eigenvalue weighted by atomic mass is 35.5. The second-order valence-corrected chi connectivity index (χ2v) is 10.8. The molecule has 2 aromatic heterocycles. The van der Waals surface area contributed by atoms with Crippen molar-refractivity contribution in [3.8, 4) is 11.3 Å². The van der Waals surface area contributed by atoms with Gasteiger partial charge in [0.1, 0.15) is 0 Å². The largest absolute Gasteiger partial charge is 0.322 e. The van der Waals surface area contributed by atoms with Crippen molar-refractivity contribution < 1.29 is 18.0 Å². The summed E-state index contributed by atoms with van der Waals surface area (Å²) in [6, 6.07) is 13.1. The van der Waals surface area contributed by atoms with Gasteiger partial charge in [-0.3, -0.25) is 19.7 Å². The number of benzene rings is 2. The Kier molecular flexibility index (Phi) is 6.07. The molecule has 0 saturated carbocycles. The van der Waals surface area contributed by atoms with Gasteiger partial charge < -0.3 is 10.6 Å². The average molecular weight is 522 g/mol. The van der Waals surface area contributed by atoms with Crippen LogP contribution in [0.2, 0.25) is 5.02 Å². The summed E-state index contributed by atoms with van der Waals surface area (Å²) in [5.74, 6) is -0.783. The van der Waals surface area contributed by atoms with Crippen molar-refractivity contribution in [3.05, 3.63) is 88.3 Å². The zero-order valence-corrected chi connectivity index (χ0v) is 20.6. The van der Waals surface area contributed by atoms with E-state index in [0.29, 0.717) is 34.9 Å². The van der Waals surface area contributed by atoms with E-state index in [1.54, 1.807) is 6.07 Å². The zero-order chi connectivity index (χ0) is 25.4. The number of carbonyl (C=O) groups excluding carboxylic acids is 2. The molecule has 0 fully saturated rings. The molecule has 1 aliphatic carbocycles. The number of fused-ring (bicyclic) bond motifs is 3. The number of pyridine rings is 1. The van der Waals surface area contributed by atoms with E-state index >= 15 is 0 Å². The van der Waals surface area contributed by atoms with Gasteiger partial charge in [-0.15, -0.1) is 0 Å². The summed E-state index contributed by atoms with van der Waals surface area (Å²) in [4.78, 5) is 29.7. The molecule has 3 N–H and O–H groups in total. The average Bonchev–Trinajstić information content (AvgIpc) is 3.29. The number of halogens is 1. The summed E-state index contributed by atoms with van der Waals surface area (Å²) < 4.78 is 23.3. The number of amides is 2. The van der Waals surface area contributed by atoms with Crippen LogP contribution in [0.15, 0.2) is 65.8 Å². The van der Waals surface area contributed by atoms with Gasteiger partial charge in [0.15, 0.2) is 15.5 Å². The number of nitrogens with one attached hydrogen (secondary N) is 3. The van der Waals surface area contributed by atoms with Gasteiger partial charge in [-0.2, -0.15) is 5.10 Å². The van der Waals surface area contributed by atoms with E-state index < -0.39 is 15.7 Å². The number of hydrogen-bond acceptors (Lipinski definition) is 6. The van der Waals surface area contributed by atoms with Crippen molar-refractivity contribution in [1.82, 2.24) is 15.2 Å². The Morgan fingerprint density at radius 2 is 1.69 bits per heavy atom. The van der Waals surface area contributed by atoms with Gasteiger partial charge in [-0.05, 0) is 60.9 Å². The number of sulfone groups is 1. The highest BCUT2D eigenvalue weighted by Crippen LogP contribution is 2.35. The normalized spacial score (nSPS) is 12.4. The molecule has 0 atom stereocenters. The Labute approximate surface area is 211 Å². The molecule has 0 unspecified atom stereocenters. The molecule has 182 valence electrons. The third kappa shape index (κ3) is 4.60. The molecule has 2 heterocycles. The molecule has 11 heteroatoms. The lowest BCUT2D eigenvalue weighted by atomic mass is 9.88. The van der Waals surface area contributed by atoms with Crippen LogP contribution >= 0.6 is 11.6 Å². The van der Waals surface area contributed by atoms with Crippen LogP contribution in [0, 0.1) is 0 Å². The molecule has 1 aliphatic rings. The Bertz CT molecular complexity index is 1610. The number of aromatic amines is 1. The molecule has 0 spiro atoms. The quantitative estimate of drug-likeness (QED) is 0.361. The number of aromatic nitrogens is 3. The highest BCUT2D eigenvalue weighted by molar-refractivity contribution is 7.90. The smallest absolute Gasteiger partial charge is 0.276 e. The van der Waals surface area contributed by atoms with Crippen LogP contribution in [0.3, 0.4) is 0 Å². The molecule has 5 rings (SSSR count). The first-order valence-electron chi connectivity index (χ1n) is 10.9. The van der Waals surface area contributed by atoms with E-state index in [2.05, 4.69) is 25.8 Å². The first kappa shape index (κ1) is 23.7. The number of anilines is 2. The molecule has 0 bridgehead atoms. The third-order valence-electron chi connectivity index (χ3n) is 5.92. The summed E-state index contributed by atoms with van der Waals surface area (Å²) in [7, 11) is -3.33. The molecule has 9 nitrogen and oxygen atoms in total. The van der Waals surface area contributed by atoms with E-state index in [-0.39, 0.29) is 22.1 Å². The number of hydrogen-bond donors (Lipinski definition) is 3. The molecule has 36 heavy (non-hydrogen) atoms. The number of nitrogens with zero attached hydrogens (tertiary/aromatic N) is 2. The van der Waals surface area contributed by atoms with Crippen molar-refractivity contribution in [3.63, 3.8) is 0 Å². The molecular formula is C25H20ClN5O4S. The van der Waals surface area contributed by atoms with Crippen LogP contribution in [0.4, 0.5) is 11.4 Å². The molecule has 0 aliphatic heterocycles. The van der Waals surface area contributed by atoms with Gasteiger partial charge in [0.2, 0.25) is 0 Å². The lowest BCUT2D eigenvalue weighted by Crippen LogP contribution is -2.16. The monoisotopic (exact) mass is 521 g/mol. The summed E-state index contributed by atoms with van der Waals surface area (Å²) >= 11 is 6.11. The van der Waals surface area contributed by atoms with Crippen LogP contribution < -0.4 is 10.6 Å². The zero-order valence-electron chi connectivity index (χ0n) is 19.0. The predicted octanol–water partition coefficient (Wildman–Crippen LogP) is 4.13. The highest BCUT2D eigenvalue weighted by Gasteiger charge is 2.26. The Balaban J connectivity index is 1.38. The van der Waals surface area contributed by atoms with E-state index in [4.69, 9.17) is 11.6 Å². The van der Waals surface area contributed by atoms with Crippen LogP contribution in [0.25, 0.3) is 11.3 Å². The fraction of sp³-hybridized carbons (Fsp3) is 0.120. The molecular weight excluding hydrogens is 502 g/mol. The van der Waals surface area contributed by atoms with E-state index in [0.717, 1.165) is 22.9 Å². The minimum absolute atomic E-state index is 0.169. The van der Waals surface area contributed by atoms with E-state index in [1.165, 1.54) is 36.7 Å². The topological polar surface area (TPSA) is 134 Å². The second-order valence-electron chi connectivity index (χ2n) is 8.36. The van der Waals surface area contributed by atoms with Gasteiger partial charge in [0.25, 0.3) is 11.8 Å². The van der Waals surface area contributed by atoms with Gasteiger partial charge in [0.05, 0.1) is 21.2 Å². The molecule has 0 saturated heterocycles. The maximum absolute atomic E-state index is 13.0. The fourth-order valence-electron chi connectivity index (χ4n) is 4.10. The predicted molar refractivity (Wildman–Crippen MR) is 136 cm³/mol. The van der Waals surface area contributed by atoms with Crippen LogP contribution in [0.5, 0.6) is 0 Å². The number of carbonyl (C=O) groups is 2. The first-order chi connectivity index (χ1) is 17.2. The fourth-order valence-corrected chi connectivity index (χ4v) is 4.92. The minimum atomic E-state index is -3.33. The lowest BCUT2D eigenvalue weighted by Gasteiger charge is -2.18. The van der Waals surface area contributed by atoms with Gasteiger partial charge >= 0.3 is 0 Å². The Morgan fingerprint density at radius 3 is 2.42 bits per heavy atom. The van der Waals surface area contributed by atoms with Crippen molar-refractivity contribution in [2.24, 2.45) is 0 Å². The van der Waals surface area contributed by atoms with E-state index in [1.807, 2.05) is 18.2 Å². The van der Waals surface area contributed by atoms with Crippen LogP contribution in [-0.2, 0) is 22.7 Å². The lowest BCUT2D eigenvalue weighted by molar-refractivity contribution is 0.101. The van der Waals surface area contributed by atoms with Gasteiger partial charge in [-0.1, -0.05) is 17.7 Å². The standard InChI is InChI=1S/C25H20ClN5O4S/c1-36(34,35)17-7-5-15(6-8-17)28-25(33)23-18-9-3-14-2-4-16(12-19(14)22(18)30-31-23)29-24(32)20-13-27-11-10-21(20)26/h2,4-8,10-13H,3,9H2,1H3,(H,28,33)(H,29,32)(H,30,31). The van der Waals surface area contributed by atoms with Crippen molar-refractivity contribution in [2.75, 3.05) is 16.9 Å². The molecule has 2 amide bonds. The van der Waals surface area contributed by atoms with Crippen molar-refractivity contribution in [1.29, 1.82) is 0 Å².